The highest BCUT2D eigenvalue weighted by atomic mass is 35.5. The van der Waals surface area contributed by atoms with Crippen molar-refractivity contribution in [2.45, 2.75) is 0 Å². The van der Waals surface area contributed by atoms with Crippen molar-refractivity contribution in [3.8, 4) is 0 Å². The molecule has 0 bridgehead atoms. The molecule has 0 aromatic heterocycles. The zero-order chi connectivity index (χ0) is 14.2. The van der Waals surface area contributed by atoms with Crippen LogP contribution >= 0.6 is 58.0 Å². The summed E-state index contributed by atoms with van der Waals surface area (Å²) in [5.41, 5.74) is 0.560. The Bertz CT molecular complexity index is 630. The lowest BCUT2D eigenvalue weighted by Gasteiger charge is -2.13. The molecular weight excluding hydrogens is 351 g/mol. The summed E-state index contributed by atoms with van der Waals surface area (Å²) in [6.45, 7) is 0. The van der Waals surface area contributed by atoms with Crippen LogP contribution in [0.3, 0.4) is 0 Å². The zero-order valence-corrected chi connectivity index (χ0v) is 12.8. The van der Waals surface area contributed by atoms with E-state index in [1.54, 1.807) is 24.3 Å². The van der Waals surface area contributed by atoms with Crippen molar-refractivity contribution < 1.29 is 4.79 Å². The molecule has 1 aromatic carbocycles. The quantitative estimate of drug-likeness (QED) is 0.623. The van der Waals surface area contributed by atoms with Crippen LogP contribution in [0.1, 0.15) is 0 Å². The zero-order valence-electron chi connectivity index (χ0n) is 9.05. The fourth-order valence-corrected chi connectivity index (χ4v) is 2.45. The normalized spacial score (nSPS) is 16.3. The van der Waals surface area contributed by atoms with Crippen LogP contribution in [0.15, 0.2) is 49.4 Å². The average Bonchev–Trinajstić information content (AvgIpc) is 2.41. The van der Waals surface area contributed by atoms with Gasteiger partial charge in [-0.25, -0.2) is 4.99 Å². The van der Waals surface area contributed by atoms with E-state index in [0.717, 1.165) is 0 Å². The van der Waals surface area contributed by atoms with Gasteiger partial charge >= 0.3 is 0 Å². The molecule has 0 aliphatic heterocycles. The molecule has 19 heavy (non-hydrogen) atoms. The number of carbonyl (C=O) groups excluding carboxylic acids is 1. The Labute approximate surface area is 134 Å². The summed E-state index contributed by atoms with van der Waals surface area (Å²) in [5, 5.41) is -0.140. The molecule has 0 fully saturated rings. The van der Waals surface area contributed by atoms with Gasteiger partial charge in [-0.1, -0.05) is 70.1 Å². The van der Waals surface area contributed by atoms with Gasteiger partial charge in [0, 0.05) is 0 Å². The highest BCUT2D eigenvalue weighted by Crippen LogP contribution is 2.36. The van der Waals surface area contributed by atoms with Crippen LogP contribution in [0.4, 0.5) is 5.69 Å². The summed E-state index contributed by atoms with van der Waals surface area (Å²) in [7, 11) is 0. The van der Waals surface area contributed by atoms with Gasteiger partial charge < -0.3 is 0 Å². The van der Waals surface area contributed by atoms with Gasteiger partial charge in [0.15, 0.2) is 0 Å². The first-order chi connectivity index (χ1) is 8.93. The maximum absolute atomic E-state index is 11.6. The minimum atomic E-state index is -0.628. The van der Waals surface area contributed by atoms with Crippen molar-refractivity contribution in [3.05, 3.63) is 49.4 Å². The lowest BCUT2D eigenvalue weighted by atomic mass is 10.1. The van der Waals surface area contributed by atoms with E-state index in [1.807, 2.05) is 0 Å². The molecule has 7 heteroatoms. The smallest absolute Gasteiger partial charge is 0.218 e. The van der Waals surface area contributed by atoms with E-state index in [2.05, 4.69) is 4.99 Å². The number of aliphatic imine (C=N–C) groups is 1. The third-order valence-electron chi connectivity index (χ3n) is 2.28. The molecule has 1 aliphatic carbocycles. The van der Waals surface area contributed by atoms with Gasteiger partial charge in [-0.3, -0.25) is 4.79 Å². The predicted octanol–water partition coefficient (Wildman–Crippen LogP) is 5.37. The second-order valence-corrected chi connectivity index (χ2v) is 5.42. The van der Waals surface area contributed by atoms with Gasteiger partial charge in [0.2, 0.25) is 5.78 Å². The second kappa shape index (κ2) is 5.86. The average molecular weight is 355 g/mol. The molecule has 0 saturated carbocycles. The number of hydrogen-bond acceptors (Lipinski definition) is 2. The molecule has 0 radical (unpaired) electrons. The summed E-state index contributed by atoms with van der Waals surface area (Å²) < 4.78 is 0. The van der Waals surface area contributed by atoms with E-state index < -0.39 is 5.78 Å². The number of carbonyl (C=O) groups is 1. The molecule has 0 unspecified atom stereocenters. The van der Waals surface area contributed by atoms with Crippen molar-refractivity contribution in [1.29, 1.82) is 0 Å². The molecule has 0 N–H and O–H groups in total. The van der Waals surface area contributed by atoms with Gasteiger partial charge in [0.25, 0.3) is 0 Å². The van der Waals surface area contributed by atoms with Gasteiger partial charge in [-0.2, -0.15) is 0 Å². The standard InChI is InChI=1S/C12H4Cl5NO/c13-5-3-1-2-4-6(5)18-11-7(14)9(16)12(19)10(17)8(11)15/h1-4H. The Morgan fingerprint density at radius 1 is 0.789 bits per heavy atom. The number of hydrogen-bond donors (Lipinski definition) is 0. The number of ketones is 1. The van der Waals surface area contributed by atoms with Gasteiger partial charge in [-0.15, -0.1) is 0 Å². The molecule has 0 spiro atoms. The van der Waals surface area contributed by atoms with Crippen molar-refractivity contribution in [2.75, 3.05) is 0 Å². The summed E-state index contributed by atoms with van der Waals surface area (Å²) in [6, 6.07) is 6.83. The molecule has 2 rings (SSSR count). The maximum atomic E-state index is 11.6. The SMILES string of the molecule is O=C1C(Cl)=C(Cl)C(=Nc2ccccc2Cl)C(Cl)=C1Cl. The Kier molecular flexibility index (Phi) is 4.59. The molecule has 2 nitrogen and oxygen atoms in total. The summed E-state index contributed by atoms with van der Waals surface area (Å²) in [6.07, 6.45) is 0. The fourth-order valence-electron chi connectivity index (χ4n) is 1.36. The van der Waals surface area contributed by atoms with Crippen LogP contribution in [0, 0.1) is 0 Å². The van der Waals surface area contributed by atoms with E-state index in [9.17, 15) is 4.79 Å². The monoisotopic (exact) mass is 353 g/mol. The third-order valence-corrected chi connectivity index (χ3v) is 4.25. The highest BCUT2D eigenvalue weighted by molar-refractivity contribution is 6.70. The van der Waals surface area contributed by atoms with Crippen LogP contribution in [0.5, 0.6) is 0 Å². The second-order valence-electron chi connectivity index (χ2n) is 3.50. The van der Waals surface area contributed by atoms with Crippen molar-refractivity contribution >= 4 is 75.2 Å². The molecular formula is C12H4Cl5NO. The summed E-state index contributed by atoms with van der Waals surface area (Å²) in [4.78, 5) is 15.8. The van der Waals surface area contributed by atoms with Gasteiger partial charge in [0.05, 0.1) is 20.8 Å². The number of benzene rings is 1. The van der Waals surface area contributed by atoms with E-state index >= 15 is 0 Å². The van der Waals surface area contributed by atoms with Gasteiger partial charge in [0.1, 0.15) is 15.8 Å². The third kappa shape index (κ3) is 2.83. The highest BCUT2D eigenvalue weighted by Gasteiger charge is 2.30. The first kappa shape index (κ1) is 14.9. The molecule has 98 valence electrons. The predicted molar refractivity (Wildman–Crippen MR) is 81.0 cm³/mol. The first-order valence-electron chi connectivity index (χ1n) is 4.92. The summed E-state index contributed by atoms with van der Waals surface area (Å²) in [5.74, 6) is -0.628. The van der Waals surface area contributed by atoms with Crippen LogP contribution in [0.25, 0.3) is 0 Å². The number of Topliss-reactive ketones (excluding diaryl/α,β-unsaturated/α-hetero) is 1. The van der Waals surface area contributed by atoms with Crippen LogP contribution < -0.4 is 0 Å². The Morgan fingerprint density at radius 3 is 1.84 bits per heavy atom. The topological polar surface area (TPSA) is 29.4 Å². The van der Waals surface area contributed by atoms with Crippen LogP contribution in [-0.4, -0.2) is 11.5 Å². The number of halogens is 5. The lowest BCUT2D eigenvalue weighted by molar-refractivity contribution is -0.111. The molecule has 1 aliphatic rings. The van der Waals surface area contributed by atoms with Gasteiger partial charge in [-0.05, 0) is 12.1 Å². The number of rotatable bonds is 1. The molecule has 0 saturated heterocycles. The van der Waals surface area contributed by atoms with E-state index in [4.69, 9.17) is 58.0 Å². The molecule has 0 amide bonds. The molecule has 0 atom stereocenters. The largest absolute Gasteiger partial charge is 0.286 e. The maximum Gasteiger partial charge on any atom is 0.218 e. The fraction of sp³-hybridized carbons (Fsp3) is 0. The minimum Gasteiger partial charge on any atom is -0.286 e. The number of allylic oxidation sites excluding steroid dienone is 4. The van der Waals surface area contributed by atoms with Crippen molar-refractivity contribution in [1.82, 2.24) is 0 Å². The van der Waals surface area contributed by atoms with E-state index in [-0.39, 0.29) is 25.8 Å². The Balaban J connectivity index is 2.62. The van der Waals surface area contributed by atoms with Crippen LogP contribution in [0.2, 0.25) is 5.02 Å². The van der Waals surface area contributed by atoms with E-state index in [1.165, 1.54) is 0 Å². The number of para-hydroxylation sites is 1. The molecule has 0 heterocycles. The Hall–Kier alpha value is -0.510. The first-order valence-corrected chi connectivity index (χ1v) is 6.81. The lowest BCUT2D eigenvalue weighted by Crippen LogP contribution is -2.15. The summed E-state index contributed by atoms with van der Waals surface area (Å²) >= 11 is 29.5. The van der Waals surface area contributed by atoms with Crippen molar-refractivity contribution in [2.24, 2.45) is 4.99 Å². The van der Waals surface area contributed by atoms with Crippen molar-refractivity contribution in [3.63, 3.8) is 0 Å². The van der Waals surface area contributed by atoms with E-state index in [0.29, 0.717) is 10.7 Å². The minimum absolute atomic E-state index is 0.0546. The Morgan fingerprint density at radius 2 is 1.32 bits per heavy atom. The van der Waals surface area contributed by atoms with Crippen LogP contribution in [-0.2, 0) is 4.79 Å². The number of nitrogens with zero attached hydrogens (tertiary/aromatic N) is 1. The molecule has 1 aromatic rings.